The summed E-state index contributed by atoms with van der Waals surface area (Å²) in [5.74, 6) is 0.825. The lowest BCUT2D eigenvalue weighted by Gasteiger charge is -2.40. The van der Waals surface area contributed by atoms with E-state index in [0.717, 1.165) is 37.3 Å². The van der Waals surface area contributed by atoms with Crippen LogP contribution in [0.2, 0.25) is 0 Å². The van der Waals surface area contributed by atoms with Crippen molar-refractivity contribution in [3.63, 3.8) is 0 Å². The van der Waals surface area contributed by atoms with Crippen molar-refractivity contribution < 1.29 is 9.84 Å². The molecule has 1 N–H and O–H groups in total. The van der Waals surface area contributed by atoms with Crippen LogP contribution in [0.4, 0.5) is 5.82 Å². The number of nitrogens with zero attached hydrogens (tertiary/aromatic N) is 3. The molecule has 1 atom stereocenters. The fraction of sp³-hybridized carbons (Fsp3) is 0.667. The molecule has 0 spiro atoms. The van der Waals surface area contributed by atoms with E-state index in [2.05, 4.69) is 21.8 Å². The number of methoxy groups -OCH3 is 1. The third-order valence-electron chi connectivity index (χ3n) is 3.39. The van der Waals surface area contributed by atoms with Gasteiger partial charge < -0.3 is 14.7 Å². The number of aromatic nitrogens is 2. The molecule has 1 saturated heterocycles. The second-order valence-corrected chi connectivity index (χ2v) is 4.71. The Kier molecular flexibility index (Phi) is 3.59. The first-order valence-electron chi connectivity index (χ1n) is 5.88. The summed E-state index contributed by atoms with van der Waals surface area (Å²) >= 11 is 0. The average molecular weight is 237 g/mol. The highest BCUT2D eigenvalue weighted by Gasteiger charge is 2.32. The lowest BCUT2D eigenvalue weighted by molar-refractivity contribution is -0.00489. The van der Waals surface area contributed by atoms with E-state index in [1.165, 1.54) is 6.33 Å². The SMILES string of the molecule is COC1(C)CCCN(c2ncncc2CO)C1. The normalized spacial score (nSPS) is 25.0. The fourth-order valence-electron chi connectivity index (χ4n) is 2.30. The standard InChI is InChI=1S/C12H19N3O2/c1-12(17-2)4-3-5-15(8-12)11-10(7-16)6-13-9-14-11/h6,9,16H,3-5,7-8H2,1-2H3. The zero-order valence-corrected chi connectivity index (χ0v) is 10.4. The van der Waals surface area contributed by atoms with Crippen LogP contribution in [-0.4, -0.2) is 40.9 Å². The molecule has 5 heteroatoms. The summed E-state index contributed by atoms with van der Waals surface area (Å²) in [4.78, 5) is 10.4. The summed E-state index contributed by atoms with van der Waals surface area (Å²) in [6, 6.07) is 0. The quantitative estimate of drug-likeness (QED) is 0.849. The van der Waals surface area contributed by atoms with E-state index in [-0.39, 0.29) is 12.2 Å². The van der Waals surface area contributed by atoms with E-state index < -0.39 is 0 Å². The number of anilines is 1. The molecule has 0 bridgehead atoms. The molecular formula is C12H19N3O2. The number of aliphatic hydroxyl groups is 1. The molecule has 94 valence electrons. The van der Waals surface area contributed by atoms with Gasteiger partial charge in [0.15, 0.2) is 0 Å². The van der Waals surface area contributed by atoms with Gasteiger partial charge in [-0.05, 0) is 19.8 Å². The number of hydrogen-bond donors (Lipinski definition) is 1. The van der Waals surface area contributed by atoms with E-state index in [4.69, 9.17) is 4.74 Å². The van der Waals surface area contributed by atoms with Crippen LogP contribution in [0.5, 0.6) is 0 Å². The van der Waals surface area contributed by atoms with Crippen LogP contribution >= 0.6 is 0 Å². The summed E-state index contributed by atoms with van der Waals surface area (Å²) in [5.41, 5.74) is 0.642. The molecule has 2 rings (SSSR count). The van der Waals surface area contributed by atoms with Gasteiger partial charge in [0.25, 0.3) is 0 Å². The molecule has 0 radical (unpaired) electrons. The zero-order valence-electron chi connectivity index (χ0n) is 10.4. The Hall–Kier alpha value is -1.20. The Morgan fingerprint density at radius 1 is 1.59 bits per heavy atom. The molecule has 0 aliphatic carbocycles. The number of piperidine rings is 1. The maximum absolute atomic E-state index is 9.30. The van der Waals surface area contributed by atoms with Gasteiger partial charge in [-0.2, -0.15) is 0 Å². The first kappa shape index (κ1) is 12.3. The molecule has 1 aliphatic heterocycles. The molecule has 0 amide bonds. The maximum atomic E-state index is 9.30. The fourth-order valence-corrected chi connectivity index (χ4v) is 2.30. The van der Waals surface area contributed by atoms with Gasteiger partial charge in [0.2, 0.25) is 0 Å². The van der Waals surface area contributed by atoms with Crippen LogP contribution in [0.3, 0.4) is 0 Å². The Morgan fingerprint density at radius 2 is 2.41 bits per heavy atom. The smallest absolute Gasteiger partial charge is 0.137 e. The Morgan fingerprint density at radius 3 is 3.12 bits per heavy atom. The maximum Gasteiger partial charge on any atom is 0.137 e. The molecule has 17 heavy (non-hydrogen) atoms. The average Bonchev–Trinajstić information content (AvgIpc) is 2.39. The van der Waals surface area contributed by atoms with Crippen molar-refractivity contribution in [1.82, 2.24) is 9.97 Å². The molecule has 1 fully saturated rings. The van der Waals surface area contributed by atoms with Crippen molar-refractivity contribution in [1.29, 1.82) is 0 Å². The summed E-state index contributed by atoms with van der Waals surface area (Å²) in [5, 5.41) is 9.30. The minimum absolute atomic E-state index is 0.0314. The molecular weight excluding hydrogens is 218 g/mol. The van der Waals surface area contributed by atoms with Crippen LogP contribution in [0, 0.1) is 0 Å². The van der Waals surface area contributed by atoms with Crippen molar-refractivity contribution in [2.75, 3.05) is 25.1 Å². The summed E-state index contributed by atoms with van der Waals surface area (Å²) in [6.45, 7) is 3.83. The van der Waals surface area contributed by atoms with Gasteiger partial charge in [0.05, 0.1) is 12.2 Å². The summed E-state index contributed by atoms with van der Waals surface area (Å²) in [7, 11) is 1.75. The summed E-state index contributed by atoms with van der Waals surface area (Å²) < 4.78 is 5.56. The Bertz CT molecular complexity index is 386. The van der Waals surface area contributed by atoms with E-state index in [9.17, 15) is 5.11 Å². The number of rotatable bonds is 3. The molecule has 1 aromatic heterocycles. The van der Waals surface area contributed by atoms with E-state index in [0.29, 0.717) is 0 Å². The van der Waals surface area contributed by atoms with Gasteiger partial charge in [-0.1, -0.05) is 0 Å². The molecule has 0 aromatic carbocycles. The molecule has 1 aliphatic rings. The van der Waals surface area contributed by atoms with E-state index >= 15 is 0 Å². The van der Waals surface area contributed by atoms with Crippen LogP contribution in [0.15, 0.2) is 12.5 Å². The largest absolute Gasteiger partial charge is 0.391 e. The molecule has 2 heterocycles. The Labute approximate surface area is 101 Å². The van der Waals surface area contributed by atoms with Crippen LogP contribution in [0.1, 0.15) is 25.3 Å². The third-order valence-corrected chi connectivity index (χ3v) is 3.39. The number of aliphatic hydroxyl groups excluding tert-OH is 1. The van der Waals surface area contributed by atoms with Gasteiger partial charge in [0.1, 0.15) is 12.1 Å². The van der Waals surface area contributed by atoms with E-state index in [1.807, 2.05) is 0 Å². The van der Waals surface area contributed by atoms with Crippen molar-refractivity contribution >= 4 is 5.82 Å². The lowest BCUT2D eigenvalue weighted by Crippen LogP contribution is -2.48. The highest BCUT2D eigenvalue weighted by atomic mass is 16.5. The second-order valence-electron chi connectivity index (χ2n) is 4.71. The van der Waals surface area contributed by atoms with Gasteiger partial charge in [-0.25, -0.2) is 9.97 Å². The van der Waals surface area contributed by atoms with Gasteiger partial charge in [-0.3, -0.25) is 0 Å². The second kappa shape index (κ2) is 4.98. The number of hydrogen-bond acceptors (Lipinski definition) is 5. The summed E-state index contributed by atoms with van der Waals surface area (Å²) in [6.07, 6.45) is 5.31. The molecule has 5 nitrogen and oxygen atoms in total. The minimum Gasteiger partial charge on any atom is -0.391 e. The molecule has 1 aromatic rings. The topological polar surface area (TPSA) is 58.5 Å². The predicted molar refractivity (Wildman–Crippen MR) is 64.8 cm³/mol. The first-order valence-corrected chi connectivity index (χ1v) is 5.88. The van der Waals surface area contributed by atoms with Gasteiger partial charge in [-0.15, -0.1) is 0 Å². The van der Waals surface area contributed by atoms with Crippen molar-refractivity contribution in [3.8, 4) is 0 Å². The van der Waals surface area contributed by atoms with Crippen LogP contribution in [-0.2, 0) is 11.3 Å². The Balaban J connectivity index is 2.22. The highest BCUT2D eigenvalue weighted by Crippen LogP contribution is 2.28. The van der Waals surface area contributed by atoms with Crippen LogP contribution < -0.4 is 4.90 Å². The zero-order chi connectivity index (χ0) is 12.3. The predicted octanol–water partition coefficient (Wildman–Crippen LogP) is 0.974. The van der Waals surface area contributed by atoms with Crippen LogP contribution in [0.25, 0.3) is 0 Å². The van der Waals surface area contributed by atoms with Gasteiger partial charge >= 0.3 is 0 Å². The molecule has 0 saturated carbocycles. The highest BCUT2D eigenvalue weighted by molar-refractivity contribution is 5.46. The first-order chi connectivity index (χ1) is 8.18. The van der Waals surface area contributed by atoms with Gasteiger partial charge in [0, 0.05) is 32.0 Å². The monoisotopic (exact) mass is 237 g/mol. The third kappa shape index (κ3) is 2.56. The molecule has 1 unspecified atom stereocenters. The number of ether oxygens (including phenoxy) is 1. The lowest BCUT2D eigenvalue weighted by atomic mass is 9.94. The minimum atomic E-state index is -0.129. The van der Waals surface area contributed by atoms with Crippen molar-refractivity contribution in [2.45, 2.75) is 32.0 Å². The van der Waals surface area contributed by atoms with Crippen molar-refractivity contribution in [2.24, 2.45) is 0 Å². The van der Waals surface area contributed by atoms with Crippen molar-refractivity contribution in [3.05, 3.63) is 18.1 Å². The van der Waals surface area contributed by atoms with E-state index in [1.54, 1.807) is 13.3 Å².